The Balaban J connectivity index is 2.03. The minimum Gasteiger partial charge on any atom is -0.497 e. The summed E-state index contributed by atoms with van der Waals surface area (Å²) in [6.07, 6.45) is 5.87. The predicted molar refractivity (Wildman–Crippen MR) is 87.3 cm³/mol. The molecule has 3 nitrogen and oxygen atoms in total. The van der Waals surface area contributed by atoms with E-state index in [9.17, 15) is 0 Å². The van der Waals surface area contributed by atoms with E-state index in [1.54, 1.807) is 18.9 Å². The Bertz CT molecular complexity index is 735. The van der Waals surface area contributed by atoms with Crippen molar-refractivity contribution < 1.29 is 4.74 Å². The molecular formula is C17H16N2OS. The summed E-state index contributed by atoms with van der Waals surface area (Å²) in [7, 11) is 1.67. The Labute approximate surface area is 128 Å². The molecule has 0 aliphatic carbocycles. The normalized spacial score (nSPS) is 10.6. The van der Waals surface area contributed by atoms with Crippen LogP contribution in [0.2, 0.25) is 0 Å². The lowest BCUT2D eigenvalue weighted by Gasteiger charge is -2.09. The first-order valence-electron chi connectivity index (χ1n) is 6.64. The van der Waals surface area contributed by atoms with Gasteiger partial charge in [0, 0.05) is 28.5 Å². The molecule has 0 aliphatic rings. The van der Waals surface area contributed by atoms with Crippen molar-refractivity contribution in [2.75, 3.05) is 13.4 Å². The zero-order chi connectivity index (χ0) is 14.7. The van der Waals surface area contributed by atoms with Crippen LogP contribution in [0.5, 0.6) is 5.75 Å². The third kappa shape index (κ3) is 2.81. The first-order valence-corrected chi connectivity index (χ1v) is 7.86. The van der Waals surface area contributed by atoms with Gasteiger partial charge in [-0.3, -0.25) is 4.57 Å². The van der Waals surface area contributed by atoms with Crippen molar-refractivity contribution in [2.45, 2.75) is 4.90 Å². The van der Waals surface area contributed by atoms with Crippen LogP contribution in [0.15, 0.2) is 65.8 Å². The fourth-order valence-corrected chi connectivity index (χ4v) is 2.64. The molecule has 0 N–H and O–H groups in total. The molecule has 106 valence electrons. The molecule has 0 atom stereocenters. The predicted octanol–water partition coefficient (Wildman–Crippen LogP) is 4.27. The van der Waals surface area contributed by atoms with Crippen LogP contribution in [0.1, 0.15) is 0 Å². The molecule has 4 heteroatoms. The SMILES string of the molecule is COc1cccc(-c2nccn2-c2ccc(SC)cc2)c1. The maximum Gasteiger partial charge on any atom is 0.144 e. The number of nitrogens with zero attached hydrogens (tertiary/aromatic N) is 2. The quantitative estimate of drug-likeness (QED) is 0.673. The van der Waals surface area contributed by atoms with Gasteiger partial charge in [-0.25, -0.2) is 4.98 Å². The van der Waals surface area contributed by atoms with Crippen LogP contribution < -0.4 is 4.74 Å². The Morgan fingerprint density at radius 2 is 1.90 bits per heavy atom. The summed E-state index contributed by atoms with van der Waals surface area (Å²) in [4.78, 5) is 5.73. The lowest BCUT2D eigenvalue weighted by atomic mass is 10.2. The van der Waals surface area contributed by atoms with E-state index in [-0.39, 0.29) is 0 Å². The second-order valence-corrected chi connectivity index (χ2v) is 5.43. The van der Waals surface area contributed by atoms with Crippen molar-refractivity contribution in [3.8, 4) is 22.8 Å². The Morgan fingerprint density at radius 3 is 2.62 bits per heavy atom. The van der Waals surface area contributed by atoms with E-state index in [2.05, 4.69) is 40.1 Å². The molecular weight excluding hydrogens is 280 g/mol. The molecule has 3 aromatic rings. The number of rotatable bonds is 4. The summed E-state index contributed by atoms with van der Waals surface area (Å²) in [5, 5.41) is 0. The van der Waals surface area contributed by atoms with E-state index in [1.807, 2.05) is 36.7 Å². The monoisotopic (exact) mass is 296 g/mol. The lowest BCUT2D eigenvalue weighted by Crippen LogP contribution is -1.96. The smallest absolute Gasteiger partial charge is 0.144 e. The molecule has 0 aliphatic heterocycles. The molecule has 0 saturated heterocycles. The van der Waals surface area contributed by atoms with Crippen LogP contribution in [-0.2, 0) is 0 Å². The minimum atomic E-state index is 0.833. The molecule has 0 amide bonds. The molecule has 21 heavy (non-hydrogen) atoms. The maximum atomic E-state index is 5.29. The fraction of sp³-hybridized carbons (Fsp3) is 0.118. The number of imidazole rings is 1. The summed E-state index contributed by atoms with van der Waals surface area (Å²) < 4.78 is 7.37. The molecule has 0 unspecified atom stereocenters. The van der Waals surface area contributed by atoms with Crippen molar-refractivity contribution >= 4 is 11.8 Å². The van der Waals surface area contributed by atoms with Gasteiger partial charge in [0.05, 0.1) is 7.11 Å². The molecule has 1 aromatic heterocycles. The van der Waals surface area contributed by atoms with E-state index in [1.165, 1.54) is 4.90 Å². The van der Waals surface area contributed by atoms with Crippen LogP contribution in [0, 0.1) is 0 Å². The third-order valence-electron chi connectivity index (χ3n) is 3.32. The van der Waals surface area contributed by atoms with Gasteiger partial charge in [0.25, 0.3) is 0 Å². The van der Waals surface area contributed by atoms with Crippen molar-refractivity contribution in [3.05, 3.63) is 60.9 Å². The Kier molecular flexibility index (Phi) is 3.97. The molecule has 1 heterocycles. The molecule has 0 saturated carbocycles. The highest BCUT2D eigenvalue weighted by Crippen LogP contribution is 2.25. The van der Waals surface area contributed by atoms with Crippen molar-refractivity contribution in [1.29, 1.82) is 0 Å². The first kappa shape index (κ1) is 13.8. The Morgan fingerprint density at radius 1 is 1.10 bits per heavy atom. The van der Waals surface area contributed by atoms with Crippen LogP contribution in [-0.4, -0.2) is 22.9 Å². The summed E-state index contributed by atoms with van der Waals surface area (Å²) in [6, 6.07) is 16.4. The van der Waals surface area contributed by atoms with E-state index >= 15 is 0 Å². The zero-order valence-electron chi connectivity index (χ0n) is 12.0. The number of benzene rings is 2. The number of ether oxygens (including phenoxy) is 1. The van der Waals surface area contributed by atoms with Gasteiger partial charge in [-0.1, -0.05) is 12.1 Å². The molecule has 0 spiro atoms. The van der Waals surface area contributed by atoms with Crippen molar-refractivity contribution in [3.63, 3.8) is 0 Å². The molecule has 3 rings (SSSR count). The number of methoxy groups -OCH3 is 1. The van der Waals surface area contributed by atoms with E-state index in [4.69, 9.17) is 4.74 Å². The van der Waals surface area contributed by atoms with Gasteiger partial charge in [0.15, 0.2) is 0 Å². The Hall–Kier alpha value is -2.20. The van der Waals surface area contributed by atoms with Gasteiger partial charge >= 0.3 is 0 Å². The number of thioether (sulfide) groups is 1. The number of hydrogen-bond donors (Lipinski definition) is 0. The highest BCUT2D eigenvalue weighted by molar-refractivity contribution is 7.98. The topological polar surface area (TPSA) is 27.1 Å². The summed E-state index contributed by atoms with van der Waals surface area (Å²) in [6.45, 7) is 0. The van der Waals surface area contributed by atoms with Gasteiger partial charge in [-0.15, -0.1) is 11.8 Å². The average molecular weight is 296 g/mol. The molecule has 0 fully saturated rings. The van der Waals surface area contributed by atoms with Crippen LogP contribution >= 0.6 is 11.8 Å². The summed E-state index contributed by atoms with van der Waals surface area (Å²) in [5.74, 6) is 1.74. The minimum absolute atomic E-state index is 0.833. The third-order valence-corrected chi connectivity index (χ3v) is 4.06. The standard InChI is InChI=1S/C17H16N2OS/c1-20-15-5-3-4-13(12-15)17-18-10-11-19(17)14-6-8-16(21-2)9-7-14/h3-12H,1-2H3. The number of hydrogen-bond acceptors (Lipinski definition) is 3. The maximum absolute atomic E-state index is 5.29. The van der Waals surface area contributed by atoms with E-state index < -0.39 is 0 Å². The molecule has 2 aromatic carbocycles. The summed E-state index contributed by atoms with van der Waals surface area (Å²) >= 11 is 1.74. The molecule has 0 bridgehead atoms. The fourth-order valence-electron chi connectivity index (χ4n) is 2.23. The highest BCUT2D eigenvalue weighted by atomic mass is 32.2. The van der Waals surface area contributed by atoms with Gasteiger partial charge in [0.1, 0.15) is 11.6 Å². The van der Waals surface area contributed by atoms with Gasteiger partial charge < -0.3 is 4.74 Å². The van der Waals surface area contributed by atoms with Crippen molar-refractivity contribution in [2.24, 2.45) is 0 Å². The highest BCUT2D eigenvalue weighted by Gasteiger charge is 2.08. The lowest BCUT2D eigenvalue weighted by molar-refractivity contribution is 0.415. The van der Waals surface area contributed by atoms with Gasteiger partial charge in [0.2, 0.25) is 0 Å². The molecule has 0 radical (unpaired) electrons. The second-order valence-electron chi connectivity index (χ2n) is 4.55. The number of aromatic nitrogens is 2. The van der Waals surface area contributed by atoms with E-state index in [0.717, 1.165) is 22.8 Å². The van der Waals surface area contributed by atoms with E-state index in [0.29, 0.717) is 0 Å². The average Bonchev–Trinajstić information content (AvgIpc) is 3.04. The zero-order valence-corrected chi connectivity index (χ0v) is 12.8. The van der Waals surface area contributed by atoms with Crippen LogP contribution in [0.4, 0.5) is 0 Å². The van der Waals surface area contributed by atoms with Crippen LogP contribution in [0.25, 0.3) is 17.1 Å². The largest absolute Gasteiger partial charge is 0.497 e. The van der Waals surface area contributed by atoms with Gasteiger partial charge in [-0.2, -0.15) is 0 Å². The van der Waals surface area contributed by atoms with Gasteiger partial charge in [-0.05, 0) is 42.7 Å². The second kappa shape index (κ2) is 6.06. The first-order chi connectivity index (χ1) is 10.3. The summed E-state index contributed by atoms with van der Waals surface area (Å²) in [5.41, 5.74) is 2.14. The van der Waals surface area contributed by atoms with Crippen molar-refractivity contribution in [1.82, 2.24) is 9.55 Å². The van der Waals surface area contributed by atoms with Crippen LogP contribution in [0.3, 0.4) is 0 Å².